The predicted octanol–water partition coefficient (Wildman–Crippen LogP) is 3.47. The first kappa shape index (κ1) is 17.3. The van der Waals surface area contributed by atoms with Gasteiger partial charge in [-0.05, 0) is 53.9 Å². The fourth-order valence-electron chi connectivity index (χ4n) is 2.83. The number of halogens is 1. The minimum Gasteiger partial charge on any atom is -0.503 e. The molecule has 0 saturated carbocycles. The fraction of sp³-hybridized carbons (Fsp3) is 0.529. The molecule has 1 aliphatic rings. The van der Waals surface area contributed by atoms with E-state index in [1.165, 1.54) is 0 Å². The van der Waals surface area contributed by atoms with Gasteiger partial charge < -0.3 is 15.2 Å². The quantitative estimate of drug-likeness (QED) is 0.754. The highest BCUT2D eigenvalue weighted by molar-refractivity contribution is 9.10. The zero-order chi connectivity index (χ0) is 16.1. The Morgan fingerprint density at radius 2 is 2.14 bits per heavy atom. The van der Waals surface area contributed by atoms with Gasteiger partial charge in [0.2, 0.25) is 0 Å². The lowest BCUT2D eigenvalue weighted by molar-refractivity contribution is 0.172. The summed E-state index contributed by atoms with van der Waals surface area (Å²) >= 11 is 3.44. The summed E-state index contributed by atoms with van der Waals surface area (Å²) in [6.45, 7) is 12.6. The van der Waals surface area contributed by atoms with Gasteiger partial charge in [-0.15, -0.1) is 6.58 Å². The van der Waals surface area contributed by atoms with Crippen LogP contribution in [0.1, 0.15) is 31.9 Å². The number of hydrogen-bond donors (Lipinski definition) is 2. The van der Waals surface area contributed by atoms with E-state index < -0.39 is 0 Å². The molecule has 1 heterocycles. The molecule has 0 amide bonds. The third kappa shape index (κ3) is 4.24. The third-order valence-electron chi connectivity index (χ3n) is 3.87. The first-order valence-corrected chi connectivity index (χ1v) is 8.56. The summed E-state index contributed by atoms with van der Waals surface area (Å²) in [5.74, 6) is 0.703. The number of nitrogens with one attached hydrogen (secondary N) is 1. The molecular weight excluding hydrogens is 344 g/mol. The molecule has 0 radical (unpaired) electrons. The smallest absolute Gasteiger partial charge is 0.172 e. The van der Waals surface area contributed by atoms with Crippen molar-refractivity contribution in [2.45, 2.75) is 26.3 Å². The topological polar surface area (TPSA) is 44.7 Å². The first-order valence-electron chi connectivity index (χ1n) is 7.77. The fourth-order valence-corrected chi connectivity index (χ4v) is 3.29. The number of rotatable bonds is 6. The van der Waals surface area contributed by atoms with Crippen LogP contribution in [-0.4, -0.2) is 42.8 Å². The van der Waals surface area contributed by atoms with Gasteiger partial charge in [-0.2, -0.15) is 0 Å². The van der Waals surface area contributed by atoms with Gasteiger partial charge >= 0.3 is 0 Å². The van der Waals surface area contributed by atoms with Crippen LogP contribution in [0.5, 0.6) is 11.5 Å². The molecule has 0 aliphatic carbocycles. The number of hydrogen-bond acceptors (Lipinski definition) is 4. The van der Waals surface area contributed by atoms with Gasteiger partial charge in [-0.25, -0.2) is 0 Å². The number of ether oxygens (including phenoxy) is 1. The molecule has 2 rings (SSSR count). The van der Waals surface area contributed by atoms with E-state index in [1.807, 2.05) is 19.1 Å². The Kier molecular flexibility index (Phi) is 6.29. The molecule has 0 bridgehead atoms. The molecule has 0 aromatic heterocycles. The van der Waals surface area contributed by atoms with Crippen molar-refractivity contribution in [3.05, 3.63) is 34.3 Å². The Morgan fingerprint density at radius 3 is 2.73 bits per heavy atom. The summed E-state index contributed by atoms with van der Waals surface area (Å²) < 4.78 is 6.24. The number of nitrogens with zero attached hydrogens (tertiary/aromatic N) is 1. The lowest BCUT2D eigenvalue weighted by Gasteiger charge is -2.35. The van der Waals surface area contributed by atoms with E-state index in [0.29, 0.717) is 16.8 Å². The lowest BCUT2D eigenvalue weighted by atomic mass is 9.97. The predicted molar refractivity (Wildman–Crippen MR) is 93.6 cm³/mol. The molecule has 1 saturated heterocycles. The van der Waals surface area contributed by atoms with Crippen molar-refractivity contribution in [3.63, 3.8) is 0 Å². The van der Waals surface area contributed by atoms with Crippen LogP contribution in [0.25, 0.3) is 0 Å². The standard InChI is InChI=1S/C17H25BrN2O2/c1-4-22-16-11-13(10-14(18)17(16)21)15(9-12(2)3)20-7-5-19-6-8-20/h10-11,15,19,21H,2,4-9H2,1,3H3/t15-/m0/s1. The number of aromatic hydroxyl groups is 1. The van der Waals surface area contributed by atoms with Crippen LogP contribution >= 0.6 is 15.9 Å². The maximum atomic E-state index is 10.1. The second-order valence-corrected chi connectivity index (χ2v) is 6.60. The highest BCUT2D eigenvalue weighted by atomic mass is 79.9. The maximum Gasteiger partial charge on any atom is 0.172 e. The summed E-state index contributed by atoms with van der Waals surface area (Å²) in [6.07, 6.45) is 0.906. The molecule has 1 aliphatic heterocycles. The third-order valence-corrected chi connectivity index (χ3v) is 4.47. The van der Waals surface area contributed by atoms with E-state index in [0.717, 1.165) is 43.7 Å². The molecule has 0 unspecified atom stereocenters. The lowest BCUT2D eigenvalue weighted by Crippen LogP contribution is -2.45. The maximum absolute atomic E-state index is 10.1. The van der Waals surface area contributed by atoms with Gasteiger partial charge in [0.1, 0.15) is 0 Å². The molecule has 0 spiro atoms. The molecule has 5 heteroatoms. The van der Waals surface area contributed by atoms with Gasteiger partial charge in [0, 0.05) is 32.2 Å². The highest BCUT2D eigenvalue weighted by Gasteiger charge is 2.24. The van der Waals surface area contributed by atoms with E-state index in [1.54, 1.807) is 0 Å². The number of piperazine rings is 1. The molecular formula is C17H25BrN2O2. The molecule has 2 N–H and O–H groups in total. The highest BCUT2D eigenvalue weighted by Crippen LogP contribution is 2.39. The molecule has 1 aromatic rings. The van der Waals surface area contributed by atoms with E-state index in [-0.39, 0.29) is 11.8 Å². The van der Waals surface area contributed by atoms with Crippen molar-refractivity contribution in [1.82, 2.24) is 10.2 Å². The average Bonchev–Trinajstić information content (AvgIpc) is 2.50. The van der Waals surface area contributed by atoms with Crippen LogP contribution in [0.3, 0.4) is 0 Å². The minimum atomic E-state index is 0.167. The van der Waals surface area contributed by atoms with Crippen LogP contribution in [-0.2, 0) is 0 Å². The Balaban J connectivity index is 2.35. The van der Waals surface area contributed by atoms with E-state index in [4.69, 9.17) is 4.74 Å². The zero-order valence-electron chi connectivity index (χ0n) is 13.4. The van der Waals surface area contributed by atoms with E-state index >= 15 is 0 Å². The van der Waals surface area contributed by atoms with Crippen molar-refractivity contribution in [2.24, 2.45) is 0 Å². The Bertz CT molecular complexity index is 528. The average molecular weight is 369 g/mol. The SMILES string of the molecule is C=C(C)C[C@@H](c1cc(Br)c(O)c(OCC)c1)N1CCNCC1. The Labute approximate surface area is 141 Å². The second-order valence-electron chi connectivity index (χ2n) is 5.75. The van der Waals surface area contributed by atoms with Crippen LogP contribution in [0.2, 0.25) is 0 Å². The first-order chi connectivity index (χ1) is 10.5. The Morgan fingerprint density at radius 1 is 1.45 bits per heavy atom. The number of benzene rings is 1. The van der Waals surface area contributed by atoms with Gasteiger partial charge in [-0.3, -0.25) is 4.90 Å². The van der Waals surface area contributed by atoms with Crippen molar-refractivity contribution in [2.75, 3.05) is 32.8 Å². The summed E-state index contributed by atoms with van der Waals surface area (Å²) in [7, 11) is 0. The molecule has 1 aromatic carbocycles. The summed E-state index contributed by atoms with van der Waals surface area (Å²) in [5, 5.41) is 13.5. The van der Waals surface area contributed by atoms with Crippen molar-refractivity contribution in [3.8, 4) is 11.5 Å². The summed E-state index contributed by atoms with van der Waals surface area (Å²) in [4.78, 5) is 2.47. The molecule has 122 valence electrons. The summed E-state index contributed by atoms with van der Waals surface area (Å²) in [6, 6.07) is 4.21. The zero-order valence-corrected chi connectivity index (χ0v) is 14.9. The van der Waals surface area contributed by atoms with Gasteiger partial charge in [0.15, 0.2) is 11.5 Å². The Hall–Kier alpha value is -1.04. The monoisotopic (exact) mass is 368 g/mol. The number of phenols is 1. The van der Waals surface area contributed by atoms with Crippen molar-refractivity contribution < 1.29 is 9.84 Å². The number of phenolic OH excluding ortho intramolecular Hbond substituents is 1. The van der Waals surface area contributed by atoms with Crippen molar-refractivity contribution >= 4 is 15.9 Å². The normalized spacial score (nSPS) is 17.2. The summed E-state index contributed by atoms with van der Waals surface area (Å²) in [5.41, 5.74) is 2.31. The van der Waals surface area contributed by atoms with E-state index in [9.17, 15) is 5.11 Å². The molecule has 4 nitrogen and oxygen atoms in total. The van der Waals surface area contributed by atoms with Gasteiger partial charge in [0.25, 0.3) is 0 Å². The van der Waals surface area contributed by atoms with Crippen LogP contribution in [0, 0.1) is 0 Å². The van der Waals surface area contributed by atoms with Crippen molar-refractivity contribution in [1.29, 1.82) is 0 Å². The van der Waals surface area contributed by atoms with Gasteiger partial charge in [-0.1, -0.05) is 5.57 Å². The van der Waals surface area contributed by atoms with Crippen LogP contribution < -0.4 is 10.1 Å². The van der Waals surface area contributed by atoms with Crippen LogP contribution in [0.4, 0.5) is 0 Å². The molecule has 1 fully saturated rings. The largest absolute Gasteiger partial charge is 0.503 e. The molecule has 1 atom stereocenters. The second kappa shape index (κ2) is 7.99. The van der Waals surface area contributed by atoms with Gasteiger partial charge in [0.05, 0.1) is 11.1 Å². The minimum absolute atomic E-state index is 0.167. The van der Waals surface area contributed by atoms with E-state index in [2.05, 4.69) is 39.6 Å². The van der Waals surface area contributed by atoms with Crippen LogP contribution in [0.15, 0.2) is 28.8 Å². The molecule has 22 heavy (non-hydrogen) atoms.